The monoisotopic (exact) mass is 306 g/mol. The quantitative estimate of drug-likeness (QED) is 0.799. The third-order valence-electron chi connectivity index (χ3n) is 4.06. The van der Waals surface area contributed by atoms with E-state index in [4.69, 9.17) is 4.74 Å². The molecule has 1 amide bonds. The molecule has 0 aliphatic carbocycles. The lowest BCUT2D eigenvalue weighted by Gasteiger charge is -2.17. The summed E-state index contributed by atoms with van der Waals surface area (Å²) in [6.07, 6.45) is 0.663. The second kappa shape index (κ2) is 8.15. The van der Waals surface area contributed by atoms with Gasteiger partial charge < -0.3 is 15.2 Å². The van der Waals surface area contributed by atoms with Crippen LogP contribution in [0.5, 0.6) is 5.75 Å². The molecule has 22 heavy (non-hydrogen) atoms. The number of likely N-dealkylation sites (tertiary alicyclic amines) is 1. The zero-order chi connectivity index (χ0) is 15.9. The maximum Gasteiger partial charge on any atom is 0.234 e. The summed E-state index contributed by atoms with van der Waals surface area (Å²) < 4.78 is 5.45. The first-order valence-corrected chi connectivity index (χ1v) is 7.97. The van der Waals surface area contributed by atoms with Gasteiger partial charge in [0, 0.05) is 13.1 Å². The number of ether oxygens (including phenoxy) is 1. The van der Waals surface area contributed by atoms with E-state index in [0.29, 0.717) is 19.7 Å². The van der Waals surface area contributed by atoms with Gasteiger partial charge in [0.05, 0.1) is 19.3 Å². The molecule has 5 nitrogen and oxygen atoms in total. The van der Waals surface area contributed by atoms with Crippen molar-refractivity contribution >= 4 is 5.91 Å². The minimum absolute atomic E-state index is 0.0213. The topological polar surface area (TPSA) is 61.8 Å². The van der Waals surface area contributed by atoms with Crippen LogP contribution >= 0.6 is 0 Å². The van der Waals surface area contributed by atoms with Crippen LogP contribution in [0.4, 0.5) is 0 Å². The van der Waals surface area contributed by atoms with Crippen molar-refractivity contribution in [1.29, 1.82) is 0 Å². The number of rotatable bonds is 7. The van der Waals surface area contributed by atoms with E-state index in [-0.39, 0.29) is 17.9 Å². The Morgan fingerprint density at radius 2 is 2.36 bits per heavy atom. The highest BCUT2D eigenvalue weighted by atomic mass is 16.5. The SMILES string of the molecule is CCOc1cccc(CNC(=O)CN2CCC(C(C)O)C2)c1. The number of nitrogens with zero attached hydrogens (tertiary/aromatic N) is 1. The van der Waals surface area contributed by atoms with Gasteiger partial charge in [-0.1, -0.05) is 12.1 Å². The van der Waals surface area contributed by atoms with Crippen LogP contribution in [0, 0.1) is 5.92 Å². The van der Waals surface area contributed by atoms with Crippen molar-refractivity contribution in [3.05, 3.63) is 29.8 Å². The molecule has 122 valence electrons. The Morgan fingerprint density at radius 3 is 3.05 bits per heavy atom. The second-order valence-electron chi connectivity index (χ2n) is 5.88. The first-order valence-electron chi connectivity index (χ1n) is 7.97. The van der Waals surface area contributed by atoms with Crippen molar-refractivity contribution in [3.63, 3.8) is 0 Å². The number of benzene rings is 1. The lowest BCUT2D eigenvalue weighted by Crippen LogP contribution is -2.36. The number of hydrogen-bond donors (Lipinski definition) is 2. The normalized spacial score (nSPS) is 19.9. The molecule has 1 aliphatic rings. The van der Waals surface area contributed by atoms with Gasteiger partial charge in [-0.3, -0.25) is 9.69 Å². The van der Waals surface area contributed by atoms with Gasteiger partial charge in [-0.2, -0.15) is 0 Å². The number of carbonyl (C=O) groups is 1. The molecule has 0 radical (unpaired) electrons. The predicted molar refractivity (Wildman–Crippen MR) is 85.7 cm³/mol. The largest absolute Gasteiger partial charge is 0.494 e. The Hall–Kier alpha value is -1.59. The zero-order valence-corrected chi connectivity index (χ0v) is 13.4. The third kappa shape index (κ3) is 5.00. The molecule has 0 spiro atoms. The number of aliphatic hydroxyl groups excluding tert-OH is 1. The summed E-state index contributed by atoms with van der Waals surface area (Å²) in [5, 5.41) is 12.5. The van der Waals surface area contributed by atoms with Crippen LogP contribution in [0.2, 0.25) is 0 Å². The molecule has 1 aromatic rings. The number of nitrogens with one attached hydrogen (secondary N) is 1. The highest BCUT2D eigenvalue weighted by Gasteiger charge is 2.26. The Morgan fingerprint density at radius 1 is 1.55 bits per heavy atom. The Kier molecular flexibility index (Phi) is 6.21. The summed E-state index contributed by atoms with van der Waals surface area (Å²) >= 11 is 0. The van der Waals surface area contributed by atoms with E-state index in [0.717, 1.165) is 30.8 Å². The van der Waals surface area contributed by atoms with Crippen molar-refractivity contribution < 1.29 is 14.6 Å². The van der Waals surface area contributed by atoms with E-state index >= 15 is 0 Å². The molecule has 1 heterocycles. The predicted octanol–water partition coefficient (Wildman–Crippen LogP) is 1.40. The molecule has 5 heteroatoms. The Bertz CT molecular complexity index is 491. The van der Waals surface area contributed by atoms with Crippen LogP contribution in [-0.4, -0.2) is 48.3 Å². The van der Waals surface area contributed by atoms with Crippen molar-refractivity contribution in [2.45, 2.75) is 32.9 Å². The summed E-state index contributed by atoms with van der Waals surface area (Å²) in [7, 11) is 0. The van der Waals surface area contributed by atoms with Gasteiger partial charge in [-0.05, 0) is 50.4 Å². The molecule has 0 bridgehead atoms. The van der Waals surface area contributed by atoms with Gasteiger partial charge in [0.1, 0.15) is 5.75 Å². The van der Waals surface area contributed by atoms with Crippen LogP contribution in [0.1, 0.15) is 25.8 Å². The van der Waals surface area contributed by atoms with Gasteiger partial charge in [-0.25, -0.2) is 0 Å². The summed E-state index contributed by atoms with van der Waals surface area (Å²) in [4.78, 5) is 14.1. The van der Waals surface area contributed by atoms with Gasteiger partial charge in [-0.15, -0.1) is 0 Å². The first kappa shape index (κ1) is 16.8. The van der Waals surface area contributed by atoms with Crippen LogP contribution in [0.25, 0.3) is 0 Å². The molecule has 0 aromatic heterocycles. The van der Waals surface area contributed by atoms with Crippen molar-refractivity contribution in [3.8, 4) is 5.75 Å². The molecule has 2 rings (SSSR count). The number of amides is 1. The molecule has 2 N–H and O–H groups in total. The summed E-state index contributed by atoms with van der Waals surface area (Å²) in [6, 6.07) is 7.76. The van der Waals surface area contributed by atoms with Gasteiger partial charge in [0.25, 0.3) is 0 Å². The molecular formula is C17H26N2O3. The van der Waals surface area contributed by atoms with E-state index < -0.39 is 0 Å². The molecule has 1 fully saturated rings. The smallest absolute Gasteiger partial charge is 0.234 e. The standard InChI is InChI=1S/C17H26N2O3/c1-3-22-16-6-4-5-14(9-16)10-18-17(21)12-19-8-7-15(11-19)13(2)20/h4-6,9,13,15,20H,3,7-8,10-12H2,1-2H3,(H,18,21). The minimum atomic E-state index is -0.297. The molecule has 0 saturated carbocycles. The fourth-order valence-electron chi connectivity index (χ4n) is 2.77. The zero-order valence-electron chi connectivity index (χ0n) is 13.4. The highest BCUT2D eigenvalue weighted by Crippen LogP contribution is 2.19. The third-order valence-corrected chi connectivity index (χ3v) is 4.06. The fourth-order valence-corrected chi connectivity index (χ4v) is 2.77. The Labute approximate surface area is 132 Å². The molecule has 1 saturated heterocycles. The molecular weight excluding hydrogens is 280 g/mol. The number of aliphatic hydroxyl groups is 1. The van der Waals surface area contributed by atoms with Gasteiger partial charge in [0.15, 0.2) is 0 Å². The minimum Gasteiger partial charge on any atom is -0.494 e. The van der Waals surface area contributed by atoms with Crippen LogP contribution in [-0.2, 0) is 11.3 Å². The molecule has 2 unspecified atom stereocenters. The lowest BCUT2D eigenvalue weighted by molar-refractivity contribution is -0.122. The van der Waals surface area contributed by atoms with E-state index in [9.17, 15) is 9.90 Å². The molecule has 1 aliphatic heterocycles. The summed E-state index contributed by atoms with van der Waals surface area (Å²) in [5.74, 6) is 1.14. The van der Waals surface area contributed by atoms with E-state index in [1.165, 1.54) is 0 Å². The van der Waals surface area contributed by atoms with Crippen LogP contribution in [0.3, 0.4) is 0 Å². The highest BCUT2D eigenvalue weighted by molar-refractivity contribution is 5.78. The van der Waals surface area contributed by atoms with Crippen LogP contribution < -0.4 is 10.1 Å². The van der Waals surface area contributed by atoms with Crippen molar-refractivity contribution in [1.82, 2.24) is 10.2 Å². The Balaban J connectivity index is 1.75. The fraction of sp³-hybridized carbons (Fsp3) is 0.588. The van der Waals surface area contributed by atoms with E-state index in [2.05, 4.69) is 10.2 Å². The molecule has 2 atom stereocenters. The first-order chi connectivity index (χ1) is 10.6. The second-order valence-corrected chi connectivity index (χ2v) is 5.88. The van der Waals surface area contributed by atoms with Gasteiger partial charge in [0.2, 0.25) is 5.91 Å². The van der Waals surface area contributed by atoms with Crippen molar-refractivity contribution in [2.75, 3.05) is 26.2 Å². The molecule has 1 aromatic carbocycles. The number of hydrogen-bond acceptors (Lipinski definition) is 4. The van der Waals surface area contributed by atoms with Crippen molar-refractivity contribution in [2.24, 2.45) is 5.92 Å². The van der Waals surface area contributed by atoms with E-state index in [1.54, 1.807) is 0 Å². The van der Waals surface area contributed by atoms with Crippen LogP contribution in [0.15, 0.2) is 24.3 Å². The average molecular weight is 306 g/mol. The maximum atomic E-state index is 12.0. The lowest BCUT2D eigenvalue weighted by atomic mass is 10.0. The maximum absolute atomic E-state index is 12.0. The van der Waals surface area contributed by atoms with Gasteiger partial charge >= 0.3 is 0 Å². The summed E-state index contributed by atoms with van der Waals surface area (Å²) in [5.41, 5.74) is 1.03. The average Bonchev–Trinajstić information content (AvgIpc) is 2.95. The summed E-state index contributed by atoms with van der Waals surface area (Å²) in [6.45, 7) is 6.98. The van der Waals surface area contributed by atoms with E-state index in [1.807, 2.05) is 38.1 Å². The number of carbonyl (C=O) groups excluding carboxylic acids is 1.